The average molecular weight is 958 g/mol. The molecule has 0 saturated carbocycles. The Morgan fingerprint density at radius 3 is 2.28 bits per heavy atom. The second-order valence-corrected chi connectivity index (χ2v) is 17.9. The smallest absolute Gasteiger partial charge is 0.326 e. The van der Waals surface area contributed by atoms with E-state index in [1.165, 1.54) is 26.1 Å². The van der Waals surface area contributed by atoms with Gasteiger partial charge in [-0.2, -0.15) is 9.78 Å². The lowest BCUT2D eigenvalue weighted by Crippen LogP contribution is -2.55. The van der Waals surface area contributed by atoms with Crippen molar-refractivity contribution in [2.75, 3.05) is 46.5 Å². The van der Waals surface area contributed by atoms with Crippen molar-refractivity contribution in [3.8, 4) is 39.8 Å². The number of rotatable bonds is 19. The summed E-state index contributed by atoms with van der Waals surface area (Å²) in [6.07, 6.45) is 0.907. The highest BCUT2D eigenvalue weighted by Crippen LogP contribution is 2.45. The third-order valence-corrected chi connectivity index (χ3v) is 11.2. The van der Waals surface area contributed by atoms with E-state index in [1.54, 1.807) is 42.5 Å². The quantitative estimate of drug-likeness (QED) is 0.0595. The Kier molecular flexibility index (Phi) is 18.2. The first-order valence-corrected chi connectivity index (χ1v) is 22.5. The second-order valence-electron chi connectivity index (χ2n) is 17.9. The maximum Gasteiger partial charge on any atom is 0.326 e. The Morgan fingerprint density at radius 1 is 0.913 bits per heavy atom. The number of aromatic nitrogens is 2. The fourth-order valence-corrected chi connectivity index (χ4v) is 7.23. The highest BCUT2D eigenvalue weighted by molar-refractivity contribution is 5.99. The standard InChI is InChI=1S/C48H63N9O12/c1-27-43(61)55-37(47(65)66)20-28-7-12-38(68-17-6-15-49)34(19-28)35-21-29(22-39(42(35)60)69-26-32(58)24-51)41(45(63)53-27)56(5)46(64)36(13-16-50)54-44(62)30-23-40(59)57(52-25-30)31-8-10-33(11-9-31)67-18-14-48(2,3)4/h7-12,19,21-23,25,27,32,36-37,41,58,60H,6,13-18,20,24,26,49-51H2,1-5H3,(H,53,63)(H,54,62)(H,55,61)(H,65,66)/t27-,32+,36-,37-,41-/m0/s1. The van der Waals surface area contributed by atoms with Gasteiger partial charge in [-0.05, 0) is 104 Å². The van der Waals surface area contributed by atoms with E-state index in [1.807, 2.05) is 0 Å². The van der Waals surface area contributed by atoms with E-state index < -0.39 is 77.8 Å². The number of carbonyl (C=O) groups is 5. The van der Waals surface area contributed by atoms with Gasteiger partial charge in [0.2, 0.25) is 17.7 Å². The van der Waals surface area contributed by atoms with E-state index in [2.05, 4.69) is 41.8 Å². The molecule has 5 atom stereocenters. The number of nitrogens with one attached hydrogen (secondary N) is 3. The van der Waals surface area contributed by atoms with E-state index in [9.17, 15) is 44.1 Å². The molecule has 1 aliphatic rings. The Labute approximate surface area is 399 Å². The third kappa shape index (κ3) is 14.0. The predicted molar refractivity (Wildman–Crippen MR) is 254 cm³/mol. The number of aliphatic hydroxyl groups is 1. The molecule has 0 spiro atoms. The molecular weight excluding hydrogens is 895 g/mol. The number of aliphatic carboxylic acids is 1. The van der Waals surface area contributed by atoms with Crippen molar-refractivity contribution in [1.82, 2.24) is 30.6 Å². The summed E-state index contributed by atoms with van der Waals surface area (Å²) in [5, 5.41) is 44.2. The molecule has 0 unspecified atom stereocenters. The number of hydrogen-bond donors (Lipinski definition) is 9. The minimum atomic E-state index is -1.66. The maximum atomic E-state index is 14.7. The number of carboxylic acid groups (broad SMARTS) is 1. The van der Waals surface area contributed by atoms with Crippen LogP contribution in [0.4, 0.5) is 0 Å². The van der Waals surface area contributed by atoms with Crippen LogP contribution in [-0.2, 0) is 25.6 Å². The number of aliphatic hydroxyl groups excluding tert-OH is 1. The number of carbonyl (C=O) groups excluding carboxylic acids is 4. The summed E-state index contributed by atoms with van der Waals surface area (Å²) in [7, 11) is 1.27. The van der Waals surface area contributed by atoms with Gasteiger partial charge >= 0.3 is 5.97 Å². The van der Waals surface area contributed by atoms with Crippen LogP contribution in [0.5, 0.6) is 23.0 Å². The number of nitrogens with zero attached hydrogens (tertiary/aromatic N) is 3. The highest BCUT2D eigenvalue weighted by atomic mass is 16.5. The van der Waals surface area contributed by atoms with Crippen LogP contribution in [-0.4, -0.2) is 130 Å². The van der Waals surface area contributed by atoms with Crippen molar-refractivity contribution in [3.05, 3.63) is 93.9 Å². The van der Waals surface area contributed by atoms with E-state index in [0.29, 0.717) is 36.6 Å². The summed E-state index contributed by atoms with van der Waals surface area (Å²) < 4.78 is 18.9. The molecule has 0 radical (unpaired) electrons. The third-order valence-electron chi connectivity index (χ3n) is 11.2. The van der Waals surface area contributed by atoms with Crippen molar-refractivity contribution in [1.29, 1.82) is 0 Å². The SMILES string of the molecule is C[C@@H]1NC(=O)[C@@H](N(C)C(=O)[C@H](CCN)NC(=O)c2cnn(-c3ccc(OCCC(C)(C)C)cc3)c(=O)c2)c2cc(OC[C@H](O)CN)c(O)c(c2)-c2cc(ccc2OCCCN)C[C@@H](C(=O)O)NC1=O. The van der Waals surface area contributed by atoms with Crippen LogP contribution in [0.3, 0.4) is 0 Å². The Bertz CT molecular complexity index is 2530. The summed E-state index contributed by atoms with van der Waals surface area (Å²) in [6.45, 7) is 7.88. The van der Waals surface area contributed by atoms with Gasteiger partial charge in [0.05, 0.1) is 30.7 Å². The summed E-state index contributed by atoms with van der Waals surface area (Å²) in [5.41, 5.74) is 17.7. The molecule has 0 fully saturated rings. The van der Waals surface area contributed by atoms with Gasteiger partial charge < -0.3 is 67.6 Å². The van der Waals surface area contributed by atoms with Gasteiger partial charge in [0.25, 0.3) is 11.5 Å². The average Bonchev–Trinajstić information content (AvgIpc) is 3.30. The van der Waals surface area contributed by atoms with Gasteiger partial charge in [-0.1, -0.05) is 26.8 Å². The lowest BCUT2D eigenvalue weighted by Gasteiger charge is -2.32. The molecule has 372 valence electrons. The van der Waals surface area contributed by atoms with Gasteiger partial charge in [0, 0.05) is 37.2 Å². The number of fused-ring (bicyclic) bond motifs is 5. The Balaban J connectivity index is 1.54. The van der Waals surface area contributed by atoms with Crippen molar-refractivity contribution in [2.24, 2.45) is 22.6 Å². The summed E-state index contributed by atoms with van der Waals surface area (Å²) >= 11 is 0. The number of hydrogen-bond acceptors (Lipinski definition) is 15. The largest absolute Gasteiger partial charge is 0.504 e. The minimum absolute atomic E-state index is 0.0171. The normalized spacial score (nSPS) is 17.0. The van der Waals surface area contributed by atoms with Crippen molar-refractivity contribution >= 4 is 29.6 Å². The van der Waals surface area contributed by atoms with E-state index in [4.69, 9.17) is 31.4 Å². The number of nitrogens with two attached hydrogens (primary N) is 3. The van der Waals surface area contributed by atoms with Crippen molar-refractivity contribution in [2.45, 2.75) is 83.6 Å². The molecule has 0 saturated heterocycles. The van der Waals surface area contributed by atoms with Gasteiger partial charge in [-0.15, -0.1) is 0 Å². The van der Waals surface area contributed by atoms with Crippen LogP contribution in [0.25, 0.3) is 16.8 Å². The number of ether oxygens (including phenoxy) is 3. The van der Waals surface area contributed by atoms with Gasteiger partial charge in [-0.3, -0.25) is 24.0 Å². The molecule has 4 aromatic rings. The molecule has 12 N–H and O–H groups in total. The van der Waals surface area contributed by atoms with Crippen LogP contribution >= 0.6 is 0 Å². The molecular formula is C48H63N9O12. The van der Waals surface area contributed by atoms with E-state index >= 15 is 0 Å². The fourth-order valence-electron chi connectivity index (χ4n) is 7.23. The van der Waals surface area contributed by atoms with Crippen molar-refractivity contribution < 1.29 is 53.5 Å². The molecule has 69 heavy (non-hydrogen) atoms. The minimum Gasteiger partial charge on any atom is -0.504 e. The Morgan fingerprint density at radius 2 is 1.64 bits per heavy atom. The predicted octanol–water partition coefficient (Wildman–Crippen LogP) is 1.12. The second kappa shape index (κ2) is 23.8. The Hall–Kier alpha value is -7.07. The van der Waals surface area contributed by atoms with Crippen LogP contribution < -0.4 is 52.9 Å². The maximum absolute atomic E-state index is 14.7. The van der Waals surface area contributed by atoms with Gasteiger partial charge in [0.15, 0.2) is 11.5 Å². The number of benzene rings is 3. The number of phenolic OH excluding ortho intramolecular Hbond substituents is 1. The molecule has 1 aromatic heterocycles. The van der Waals surface area contributed by atoms with E-state index in [0.717, 1.165) is 28.3 Å². The molecule has 4 bridgehead atoms. The summed E-state index contributed by atoms with van der Waals surface area (Å²) in [6, 6.07) is 9.27. The van der Waals surface area contributed by atoms with Crippen LogP contribution in [0.15, 0.2) is 71.7 Å². The molecule has 21 heteroatoms. The first-order chi connectivity index (χ1) is 32.7. The molecule has 21 nitrogen and oxygen atoms in total. The first kappa shape index (κ1) is 52.9. The zero-order chi connectivity index (χ0) is 50.6. The zero-order valence-corrected chi connectivity index (χ0v) is 39.4. The zero-order valence-electron chi connectivity index (χ0n) is 39.4. The molecule has 5 rings (SSSR count). The number of phenols is 1. The lowest BCUT2D eigenvalue weighted by atomic mass is 9.93. The number of carboxylic acids is 1. The lowest BCUT2D eigenvalue weighted by molar-refractivity contribution is -0.143. The molecule has 1 aliphatic heterocycles. The summed E-state index contributed by atoms with van der Waals surface area (Å²) in [4.78, 5) is 83.3. The van der Waals surface area contributed by atoms with Crippen LogP contribution in [0.1, 0.15) is 74.5 Å². The number of likely N-dealkylation sites (N-methyl/N-ethyl adjacent to an activating group) is 1. The number of amides is 4. The van der Waals surface area contributed by atoms with E-state index in [-0.39, 0.29) is 71.7 Å². The highest BCUT2D eigenvalue weighted by Gasteiger charge is 2.37. The molecule has 0 aliphatic carbocycles. The number of aromatic hydroxyl groups is 1. The summed E-state index contributed by atoms with van der Waals surface area (Å²) in [5.74, 6) is -4.74. The van der Waals surface area contributed by atoms with Gasteiger partial charge in [0.1, 0.15) is 48.4 Å². The van der Waals surface area contributed by atoms with Crippen LogP contribution in [0, 0.1) is 5.41 Å². The first-order valence-electron chi connectivity index (χ1n) is 22.5. The molecule has 4 amide bonds. The molecule has 2 heterocycles. The topological polar surface area (TPSA) is 326 Å². The molecule has 3 aromatic carbocycles. The van der Waals surface area contributed by atoms with Gasteiger partial charge in [-0.25, -0.2) is 4.79 Å². The van der Waals surface area contributed by atoms with Crippen molar-refractivity contribution in [3.63, 3.8) is 0 Å². The van der Waals surface area contributed by atoms with Crippen LogP contribution in [0.2, 0.25) is 0 Å². The fraction of sp³-hybridized carbons (Fsp3) is 0.438. The monoisotopic (exact) mass is 957 g/mol.